The van der Waals surface area contributed by atoms with Gasteiger partial charge in [0.2, 0.25) is 10.0 Å². The van der Waals surface area contributed by atoms with Crippen LogP contribution in [0.25, 0.3) is 0 Å². The lowest BCUT2D eigenvalue weighted by Gasteiger charge is -2.19. The average molecular weight is 283 g/mol. The second kappa shape index (κ2) is 6.06. The Morgan fingerprint density at radius 3 is 1.68 bits per heavy atom. The molecule has 0 unspecified atom stereocenters. The van der Waals surface area contributed by atoms with Gasteiger partial charge in [-0.3, -0.25) is 0 Å². The predicted octanol–water partition coefficient (Wildman–Crippen LogP) is 3.31. The van der Waals surface area contributed by atoms with Crippen LogP contribution in [-0.2, 0) is 10.0 Å². The van der Waals surface area contributed by atoms with Crippen molar-refractivity contribution in [3.05, 3.63) is 27.8 Å². The molecule has 0 aliphatic carbocycles. The minimum absolute atomic E-state index is 0.462. The Balaban J connectivity index is 3.35. The van der Waals surface area contributed by atoms with Gasteiger partial charge in [-0.05, 0) is 68.9 Å². The standard InChI is InChI=1S/C15H25NO2S/c1-7-8-9-16-19(17,18)15-13(5)11(3)10(2)12(4)14(15)6/h16H,7-9H2,1-6H3. The molecule has 0 heterocycles. The van der Waals surface area contributed by atoms with Crippen LogP contribution in [0.2, 0.25) is 0 Å². The summed E-state index contributed by atoms with van der Waals surface area (Å²) in [5.41, 5.74) is 5.05. The van der Waals surface area contributed by atoms with Gasteiger partial charge in [0.1, 0.15) is 0 Å². The first-order chi connectivity index (χ1) is 8.74. The third-order valence-electron chi connectivity index (χ3n) is 4.02. The van der Waals surface area contributed by atoms with Gasteiger partial charge in [-0.15, -0.1) is 0 Å². The number of nitrogens with one attached hydrogen (secondary N) is 1. The minimum Gasteiger partial charge on any atom is -0.211 e. The lowest BCUT2D eigenvalue weighted by molar-refractivity contribution is 0.576. The van der Waals surface area contributed by atoms with Gasteiger partial charge in [-0.25, -0.2) is 13.1 Å². The maximum atomic E-state index is 12.5. The molecule has 19 heavy (non-hydrogen) atoms. The summed E-state index contributed by atoms with van der Waals surface area (Å²) in [5, 5.41) is 0. The molecule has 1 aromatic rings. The maximum absolute atomic E-state index is 12.5. The van der Waals surface area contributed by atoms with E-state index >= 15 is 0 Å². The fourth-order valence-corrected chi connectivity index (χ4v) is 3.99. The van der Waals surface area contributed by atoms with Gasteiger partial charge in [0.15, 0.2) is 0 Å². The first-order valence-electron chi connectivity index (χ1n) is 6.80. The molecule has 0 radical (unpaired) electrons. The van der Waals surface area contributed by atoms with Crippen molar-refractivity contribution in [2.75, 3.05) is 6.54 Å². The molecule has 3 nitrogen and oxygen atoms in total. The SMILES string of the molecule is CCCCNS(=O)(=O)c1c(C)c(C)c(C)c(C)c1C. The molecular formula is C15H25NO2S. The van der Waals surface area contributed by atoms with Crippen molar-refractivity contribution in [2.45, 2.75) is 59.3 Å². The average Bonchev–Trinajstić information content (AvgIpc) is 2.34. The molecule has 0 spiro atoms. The van der Waals surface area contributed by atoms with Crippen LogP contribution in [0.1, 0.15) is 47.6 Å². The first kappa shape index (κ1) is 16.2. The Labute approximate surface area is 117 Å². The van der Waals surface area contributed by atoms with Crippen LogP contribution in [0.3, 0.4) is 0 Å². The molecule has 108 valence electrons. The zero-order chi connectivity index (χ0) is 14.8. The fraction of sp³-hybridized carbons (Fsp3) is 0.600. The Bertz CT molecular complexity index is 545. The largest absolute Gasteiger partial charge is 0.241 e. The molecule has 1 rings (SSSR count). The van der Waals surface area contributed by atoms with E-state index in [1.54, 1.807) is 0 Å². The van der Waals surface area contributed by atoms with Crippen LogP contribution in [0.15, 0.2) is 4.90 Å². The third-order valence-corrected chi connectivity index (χ3v) is 5.76. The molecule has 0 saturated heterocycles. The van der Waals surface area contributed by atoms with Crippen LogP contribution < -0.4 is 4.72 Å². The Kier molecular flexibility index (Phi) is 5.16. The third kappa shape index (κ3) is 3.18. The molecule has 0 atom stereocenters. The van der Waals surface area contributed by atoms with Crippen molar-refractivity contribution in [2.24, 2.45) is 0 Å². The normalized spacial score (nSPS) is 11.9. The number of unbranched alkanes of at least 4 members (excludes halogenated alkanes) is 1. The summed E-state index contributed by atoms with van der Waals surface area (Å²) in [7, 11) is -3.41. The van der Waals surface area contributed by atoms with E-state index in [2.05, 4.69) is 4.72 Å². The fourth-order valence-electron chi connectivity index (χ4n) is 2.32. The van der Waals surface area contributed by atoms with Gasteiger partial charge in [0.05, 0.1) is 4.90 Å². The minimum atomic E-state index is -3.41. The highest BCUT2D eigenvalue weighted by Crippen LogP contribution is 2.29. The molecule has 1 aromatic carbocycles. The zero-order valence-electron chi connectivity index (χ0n) is 12.8. The van der Waals surface area contributed by atoms with Crippen molar-refractivity contribution >= 4 is 10.0 Å². The second-order valence-corrected chi connectivity index (χ2v) is 6.91. The summed E-state index contributed by atoms with van der Waals surface area (Å²) in [4.78, 5) is 0.462. The monoisotopic (exact) mass is 283 g/mol. The summed E-state index contributed by atoms with van der Waals surface area (Å²) >= 11 is 0. The van der Waals surface area contributed by atoms with E-state index in [0.717, 1.165) is 35.1 Å². The van der Waals surface area contributed by atoms with E-state index in [9.17, 15) is 8.42 Å². The van der Waals surface area contributed by atoms with Gasteiger partial charge in [-0.2, -0.15) is 0 Å². The van der Waals surface area contributed by atoms with Crippen LogP contribution in [0.4, 0.5) is 0 Å². The predicted molar refractivity (Wildman–Crippen MR) is 80.2 cm³/mol. The van der Waals surface area contributed by atoms with Crippen LogP contribution >= 0.6 is 0 Å². The Morgan fingerprint density at radius 1 is 0.842 bits per heavy atom. The van der Waals surface area contributed by atoms with E-state index < -0.39 is 10.0 Å². The van der Waals surface area contributed by atoms with E-state index in [1.807, 2.05) is 41.5 Å². The lowest BCUT2D eigenvalue weighted by atomic mass is 9.95. The van der Waals surface area contributed by atoms with Gasteiger partial charge >= 0.3 is 0 Å². The summed E-state index contributed by atoms with van der Waals surface area (Å²) in [6, 6.07) is 0. The van der Waals surface area contributed by atoms with Crippen molar-refractivity contribution in [3.8, 4) is 0 Å². The van der Waals surface area contributed by atoms with Gasteiger partial charge in [0.25, 0.3) is 0 Å². The Morgan fingerprint density at radius 2 is 1.26 bits per heavy atom. The number of hydrogen-bond donors (Lipinski definition) is 1. The molecule has 0 aliphatic rings. The lowest BCUT2D eigenvalue weighted by Crippen LogP contribution is -2.27. The van der Waals surface area contributed by atoms with Gasteiger partial charge < -0.3 is 0 Å². The molecule has 0 fully saturated rings. The highest BCUT2D eigenvalue weighted by molar-refractivity contribution is 7.89. The second-order valence-electron chi connectivity index (χ2n) is 5.21. The summed E-state index contributed by atoms with van der Waals surface area (Å²) in [6.45, 7) is 12.4. The molecule has 0 aromatic heterocycles. The summed E-state index contributed by atoms with van der Waals surface area (Å²) < 4.78 is 27.6. The number of rotatable bonds is 5. The Hall–Kier alpha value is -0.870. The summed E-state index contributed by atoms with van der Waals surface area (Å²) in [6.07, 6.45) is 1.84. The van der Waals surface area contributed by atoms with E-state index in [0.29, 0.717) is 11.4 Å². The van der Waals surface area contributed by atoms with Gasteiger partial charge in [0, 0.05) is 6.54 Å². The molecule has 0 aliphatic heterocycles. The van der Waals surface area contributed by atoms with E-state index in [4.69, 9.17) is 0 Å². The number of hydrogen-bond acceptors (Lipinski definition) is 2. The highest BCUT2D eigenvalue weighted by atomic mass is 32.2. The number of benzene rings is 1. The highest BCUT2D eigenvalue weighted by Gasteiger charge is 2.22. The molecular weight excluding hydrogens is 258 g/mol. The van der Waals surface area contributed by atoms with Crippen molar-refractivity contribution in [1.82, 2.24) is 4.72 Å². The van der Waals surface area contributed by atoms with Crippen LogP contribution in [0.5, 0.6) is 0 Å². The van der Waals surface area contributed by atoms with Crippen molar-refractivity contribution in [1.29, 1.82) is 0 Å². The van der Waals surface area contributed by atoms with Crippen molar-refractivity contribution in [3.63, 3.8) is 0 Å². The van der Waals surface area contributed by atoms with E-state index in [-0.39, 0.29) is 0 Å². The number of sulfonamides is 1. The molecule has 4 heteroatoms. The smallest absolute Gasteiger partial charge is 0.211 e. The van der Waals surface area contributed by atoms with E-state index in [1.165, 1.54) is 5.56 Å². The van der Waals surface area contributed by atoms with Crippen molar-refractivity contribution < 1.29 is 8.42 Å². The quantitative estimate of drug-likeness (QED) is 0.843. The van der Waals surface area contributed by atoms with Gasteiger partial charge in [-0.1, -0.05) is 13.3 Å². The molecule has 0 amide bonds. The topological polar surface area (TPSA) is 46.2 Å². The first-order valence-corrected chi connectivity index (χ1v) is 8.29. The molecule has 1 N–H and O–H groups in total. The zero-order valence-corrected chi connectivity index (χ0v) is 13.7. The van der Waals surface area contributed by atoms with Crippen LogP contribution in [-0.4, -0.2) is 15.0 Å². The molecule has 0 saturated carbocycles. The molecule has 0 bridgehead atoms. The van der Waals surface area contributed by atoms with Crippen LogP contribution in [0, 0.1) is 34.6 Å². The summed E-state index contributed by atoms with van der Waals surface area (Å²) in [5.74, 6) is 0. The maximum Gasteiger partial charge on any atom is 0.241 e.